The summed E-state index contributed by atoms with van der Waals surface area (Å²) < 4.78 is 14.4. The zero-order chi connectivity index (χ0) is 28.9. The average Bonchev–Trinajstić information content (AvgIpc) is 3.42. The first-order valence-corrected chi connectivity index (χ1v) is 15.6. The van der Waals surface area contributed by atoms with Crippen LogP contribution in [0.2, 0.25) is 0 Å². The van der Waals surface area contributed by atoms with E-state index in [9.17, 15) is 4.79 Å². The molecule has 1 aliphatic heterocycles. The number of anilines is 1. The molecule has 0 amide bonds. The van der Waals surface area contributed by atoms with Crippen molar-refractivity contribution < 1.29 is 14.3 Å². The summed E-state index contributed by atoms with van der Waals surface area (Å²) in [6.07, 6.45) is 5.11. The van der Waals surface area contributed by atoms with Crippen LogP contribution in [0.1, 0.15) is 67.3 Å². The van der Waals surface area contributed by atoms with Gasteiger partial charge >= 0.3 is 5.97 Å². The quantitative estimate of drug-likeness (QED) is 0.161. The number of hydrogen-bond donors (Lipinski definition) is 1. The lowest BCUT2D eigenvalue weighted by atomic mass is 9.94. The molecular weight excluding hydrogens is 544 g/mol. The molecule has 0 saturated heterocycles. The van der Waals surface area contributed by atoms with Crippen molar-refractivity contribution in [1.29, 1.82) is 0 Å². The van der Waals surface area contributed by atoms with E-state index >= 15 is 0 Å². The Morgan fingerprint density at radius 1 is 0.952 bits per heavy atom. The van der Waals surface area contributed by atoms with Gasteiger partial charge in [-0.25, -0.2) is 9.48 Å². The SMILES string of the molecule is CC1=C(C(=O)OC2CCCCC2)C(c2ccccc2OCc2ccccc2C)n2nc(SCc3ccccc3)nc2N1. The molecule has 0 spiro atoms. The first-order chi connectivity index (χ1) is 20.6. The number of benzene rings is 3. The summed E-state index contributed by atoms with van der Waals surface area (Å²) in [6.45, 7) is 4.41. The van der Waals surface area contributed by atoms with Gasteiger partial charge in [-0.1, -0.05) is 91.0 Å². The number of esters is 1. The van der Waals surface area contributed by atoms with Gasteiger partial charge in [-0.15, -0.1) is 5.10 Å². The predicted molar refractivity (Wildman–Crippen MR) is 165 cm³/mol. The van der Waals surface area contributed by atoms with E-state index in [-0.39, 0.29) is 12.1 Å². The monoisotopic (exact) mass is 580 g/mol. The summed E-state index contributed by atoms with van der Waals surface area (Å²) in [6, 6.07) is 25.8. The minimum atomic E-state index is -0.552. The molecule has 7 nitrogen and oxygen atoms in total. The second-order valence-electron chi connectivity index (χ2n) is 10.9. The van der Waals surface area contributed by atoms with Crippen LogP contribution in [0.25, 0.3) is 0 Å². The summed E-state index contributed by atoms with van der Waals surface area (Å²) in [5.74, 6) is 1.72. The Balaban J connectivity index is 1.35. The summed E-state index contributed by atoms with van der Waals surface area (Å²) in [4.78, 5) is 18.7. The third-order valence-electron chi connectivity index (χ3n) is 7.95. The van der Waals surface area contributed by atoms with Gasteiger partial charge in [-0.2, -0.15) is 4.98 Å². The van der Waals surface area contributed by atoms with E-state index in [0.29, 0.717) is 34.7 Å². The number of thioether (sulfide) groups is 1. The molecule has 1 saturated carbocycles. The number of rotatable bonds is 9. The van der Waals surface area contributed by atoms with Gasteiger partial charge < -0.3 is 14.8 Å². The van der Waals surface area contributed by atoms with Crippen molar-refractivity contribution in [2.24, 2.45) is 0 Å². The molecule has 3 aromatic carbocycles. The van der Waals surface area contributed by atoms with Crippen LogP contribution in [0.5, 0.6) is 5.75 Å². The molecule has 1 fully saturated rings. The van der Waals surface area contributed by atoms with Crippen LogP contribution < -0.4 is 10.1 Å². The Hall–Kier alpha value is -4.04. The van der Waals surface area contributed by atoms with Gasteiger partial charge in [0.25, 0.3) is 0 Å². The molecule has 2 heterocycles. The third-order valence-corrected chi connectivity index (χ3v) is 8.86. The van der Waals surface area contributed by atoms with E-state index in [2.05, 4.69) is 36.5 Å². The number of ether oxygens (including phenoxy) is 2. The summed E-state index contributed by atoms with van der Waals surface area (Å²) in [5.41, 5.74) is 5.57. The maximum atomic E-state index is 13.9. The normalized spacial score (nSPS) is 17.0. The van der Waals surface area contributed by atoms with Crippen LogP contribution in [0.4, 0.5) is 5.95 Å². The number of aryl methyl sites for hydroxylation is 1. The lowest BCUT2D eigenvalue weighted by Crippen LogP contribution is -2.32. The van der Waals surface area contributed by atoms with Gasteiger partial charge in [-0.05, 0) is 62.3 Å². The lowest BCUT2D eigenvalue weighted by Gasteiger charge is -2.31. The molecule has 4 aromatic rings. The maximum Gasteiger partial charge on any atom is 0.338 e. The lowest BCUT2D eigenvalue weighted by molar-refractivity contribution is -0.146. The molecule has 42 heavy (non-hydrogen) atoms. The van der Waals surface area contributed by atoms with Gasteiger partial charge in [0.2, 0.25) is 11.1 Å². The van der Waals surface area contributed by atoms with Crippen molar-refractivity contribution in [3.63, 3.8) is 0 Å². The summed E-state index contributed by atoms with van der Waals surface area (Å²) in [7, 11) is 0. The standard InChI is InChI=1S/C34H36N4O3S/c1-23-13-9-10-16-26(23)21-40-29-20-12-11-19-28(29)31-30(32(39)41-27-17-7-4-8-18-27)24(2)35-33-36-34(37-38(31)33)42-22-25-14-5-3-6-15-25/h3,5-6,9-16,19-20,27,31H,4,7-8,17-18,21-22H2,1-2H3,(H,35,36,37). The Morgan fingerprint density at radius 3 is 2.50 bits per heavy atom. The van der Waals surface area contributed by atoms with Crippen LogP contribution in [0.15, 0.2) is 95.3 Å². The van der Waals surface area contributed by atoms with Crippen LogP contribution in [-0.4, -0.2) is 26.8 Å². The molecule has 1 aliphatic carbocycles. The number of carbonyl (C=O) groups is 1. The molecule has 216 valence electrons. The highest BCUT2D eigenvalue weighted by Crippen LogP contribution is 2.41. The largest absolute Gasteiger partial charge is 0.489 e. The first kappa shape index (κ1) is 28.1. The molecule has 1 N–H and O–H groups in total. The van der Waals surface area contributed by atoms with E-state index in [1.165, 1.54) is 17.5 Å². The zero-order valence-corrected chi connectivity index (χ0v) is 24.9. The number of carbonyl (C=O) groups excluding carboxylic acids is 1. The Labute approximate surface area is 251 Å². The van der Waals surface area contributed by atoms with E-state index in [0.717, 1.165) is 42.6 Å². The molecule has 8 heteroatoms. The average molecular weight is 581 g/mol. The fraction of sp³-hybridized carbons (Fsp3) is 0.324. The van der Waals surface area contributed by atoms with Crippen LogP contribution in [0, 0.1) is 6.92 Å². The third kappa shape index (κ3) is 6.23. The van der Waals surface area contributed by atoms with E-state index < -0.39 is 6.04 Å². The van der Waals surface area contributed by atoms with Crippen LogP contribution >= 0.6 is 11.8 Å². The highest BCUT2D eigenvalue weighted by Gasteiger charge is 2.37. The number of aromatic nitrogens is 3. The number of nitrogens with zero attached hydrogens (tertiary/aromatic N) is 3. The van der Waals surface area contributed by atoms with Gasteiger partial charge in [0.1, 0.15) is 24.5 Å². The number of para-hydroxylation sites is 1. The van der Waals surface area contributed by atoms with Crippen molar-refractivity contribution in [3.05, 3.63) is 112 Å². The van der Waals surface area contributed by atoms with Crippen LogP contribution in [-0.2, 0) is 21.9 Å². The van der Waals surface area contributed by atoms with Gasteiger partial charge in [0.05, 0.1) is 5.57 Å². The van der Waals surface area contributed by atoms with Gasteiger partial charge in [0, 0.05) is 17.0 Å². The van der Waals surface area contributed by atoms with Crippen molar-refractivity contribution in [2.75, 3.05) is 5.32 Å². The molecule has 1 aromatic heterocycles. The van der Waals surface area contributed by atoms with Gasteiger partial charge in [-0.3, -0.25) is 0 Å². The highest BCUT2D eigenvalue weighted by atomic mass is 32.2. The van der Waals surface area contributed by atoms with Crippen molar-refractivity contribution >= 4 is 23.7 Å². The highest BCUT2D eigenvalue weighted by molar-refractivity contribution is 7.98. The smallest absolute Gasteiger partial charge is 0.338 e. The molecule has 1 atom stereocenters. The zero-order valence-electron chi connectivity index (χ0n) is 24.1. The molecule has 6 rings (SSSR count). The number of fused-ring (bicyclic) bond motifs is 1. The minimum Gasteiger partial charge on any atom is -0.489 e. The van der Waals surface area contributed by atoms with E-state index in [4.69, 9.17) is 19.6 Å². The van der Waals surface area contributed by atoms with E-state index in [1.807, 2.05) is 66.2 Å². The molecule has 1 unspecified atom stereocenters. The number of allylic oxidation sites excluding steroid dienone is 1. The molecule has 2 aliphatic rings. The van der Waals surface area contributed by atoms with Crippen LogP contribution in [0.3, 0.4) is 0 Å². The van der Waals surface area contributed by atoms with Crippen molar-refractivity contribution in [2.45, 2.75) is 75.6 Å². The molecular formula is C34H36N4O3S. The Bertz CT molecular complexity index is 1580. The minimum absolute atomic E-state index is 0.0612. The summed E-state index contributed by atoms with van der Waals surface area (Å²) in [5, 5.41) is 8.90. The second kappa shape index (κ2) is 12.9. The van der Waals surface area contributed by atoms with Gasteiger partial charge in [0.15, 0.2) is 0 Å². The second-order valence-corrected chi connectivity index (χ2v) is 11.9. The number of nitrogens with one attached hydrogen (secondary N) is 1. The Kier molecular flexibility index (Phi) is 8.60. The Morgan fingerprint density at radius 2 is 1.69 bits per heavy atom. The maximum absolute atomic E-state index is 13.9. The fourth-order valence-corrected chi connectivity index (χ4v) is 6.41. The molecule has 0 radical (unpaired) electrons. The fourth-order valence-electron chi connectivity index (χ4n) is 5.63. The molecule has 0 bridgehead atoms. The first-order valence-electron chi connectivity index (χ1n) is 14.6. The predicted octanol–water partition coefficient (Wildman–Crippen LogP) is 7.62. The van der Waals surface area contributed by atoms with E-state index in [1.54, 1.807) is 11.8 Å². The topological polar surface area (TPSA) is 78.3 Å². The number of hydrogen-bond acceptors (Lipinski definition) is 7. The van der Waals surface area contributed by atoms with Crippen molar-refractivity contribution in [1.82, 2.24) is 14.8 Å². The summed E-state index contributed by atoms with van der Waals surface area (Å²) >= 11 is 1.57. The van der Waals surface area contributed by atoms with Crippen molar-refractivity contribution in [3.8, 4) is 5.75 Å².